The number of hydrogen-bond donors (Lipinski definition) is 1. The highest BCUT2D eigenvalue weighted by Crippen LogP contribution is 2.26. The fraction of sp³-hybridized carbons (Fsp3) is 0.588. The van der Waals surface area contributed by atoms with E-state index >= 15 is 0 Å². The summed E-state index contributed by atoms with van der Waals surface area (Å²) in [6, 6.07) is 0.0517. The van der Waals surface area contributed by atoms with E-state index in [1.807, 2.05) is 13.8 Å². The van der Waals surface area contributed by atoms with Gasteiger partial charge in [-0.15, -0.1) is 0 Å². The molecule has 0 saturated carbocycles. The fourth-order valence-electron chi connectivity index (χ4n) is 1.47. The van der Waals surface area contributed by atoms with Crippen molar-refractivity contribution in [1.82, 2.24) is 0 Å². The summed E-state index contributed by atoms with van der Waals surface area (Å²) in [4.78, 5) is 11.2. The normalized spacial score (nSPS) is 10.6. The van der Waals surface area contributed by atoms with Crippen LogP contribution in [-0.2, 0) is 4.79 Å². The van der Waals surface area contributed by atoms with Gasteiger partial charge in [0.05, 0.1) is 0 Å². The van der Waals surface area contributed by atoms with Crippen molar-refractivity contribution in [1.29, 1.82) is 0 Å². The van der Waals surface area contributed by atoms with Gasteiger partial charge in [0.25, 0.3) is 0 Å². The van der Waals surface area contributed by atoms with Crippen molar-refractivity contribution in [2.75, 3.05) is 6.61 Å². The molecule has 0 unspecified atom stereocenters. The van der Waals surface area contributed by atoms with E-state index < -0.39 is 35.0 Å². The molecule has 0 fully saturated rings. The first-order valence-corrected chi connectivity index (χ1v) is 7.74. The summed E-state index contributed by atoms with van der Waals surface area (Å²) in [7, 11) is 0. The summed E-state index contributed by atoms with van der Waals surface area (Å²) in [6.45, 7) is 8.21. The molecule has 1 rings (SSSR count). The Kier molecular flexibility index (Phi) is 10.3. The van der Waals surface area contributed by atoms with E-state index in [1.165, 1.54) is 0 Å². The van der Waals surface area contributed by atoms with Crippen LogP contribution in [0.2, 0.25) is 0 Å². The van der Waals surface area contributed by atoms with E-state index in [1.54, 1.807) is 0 Å². The zero-order valence-electron chi connectivity index (χ0n) is 14.3. The summed E-state index contributed by atoms with van der Waals surface area (Å²) in [6.07, 6.45) is 1.29. The van der Waals surface area contributed by atoms with E-state index in [4.69, 9.17) is 5.11 Å². The lowest BCUT2D eigenvalue weighted by molar-refractivity contribution is -0.135. The lowest BCUT2D eigenvalue weighted by Crippen LogP contribution is -2.12. The Hall–Kier alpha value is -1.63. The molecule has 0 aliphatic heterocycles. The van der Waals surface area contributed by atoms with Crippen molar-refractivity contribution in [3.8, 4) is 5.75 Å². The molecule has 0 heterocycles. The monoisotopic (exact) mass is 352 g/mol. The third-order valence-corrected chi connectivity index (χ3v) is 2.92. The number of esters is 1. The van der Waals surface area contributed by atoms with E-state index in [2.05, 4.69) is 18.6 Å². The van der Waals surface area contributed by atoms with E-state index in [9.17, 15) is 22.4 Å². The molecule has 1 aromatic carbocycles. The lowest BCUT2D eigenvalue weighted by Gasteiger charge is -2.08. The Bertz CT molecular complexity index is 505. The highest BCUT2D eigenvalue weighted by atomic mass is 19.2. The maximum Gasteiger partial charge on any atom is 0.311 e. The predicted molar refractivity (Wildman–Crippen MR) is 82.5 cm³/mol. The van der Waals surface area contributed by atoms with Gasteiger partial charge in [0, 0.05) is 19.1 Å². The van der Waals surface area contributed by atoms with Crippen LogP contribution in [0.3, 0.4) is 0 Å². The van der Waals surface area contributed by atoms with Gasteiger partial charge in [-0.1, -0.05) is 27.7 Å². The van der Waals surface area contributed by atoms with Gasteiger partial charge in [-0.25, -0.2) is 8.78 Å². The molecule has 0 aromatic heterocycles. The first-order valence-electron chi connectivity index (χ1n) is 7.74. The summed E-state index contributed by atoms with van der Waals surface area (Å²) in [5.41, 5.74) is 0. The average molecular weight is 352 g/mol. The van der Waals surface area contributed by atoms with Crippen molar-refractivity contribution >= 4 is 5.97 Å². The average Bonchev–Trinajstić information content (AvgIpc) is 2.48. The second-order valence-electron chi connectivity index (χ2n) is 6.11. The number of carbonyl (C=O) groups excluding carboxylic acids is 1. The smallest absolute Gasteiger partial charge is 0.311 e. The molecule has 0 aliphatic rings. The van der Waals surface area contributed by atoms with Crippen LogP contribution in [0.25, 0.3) is 0 Å². The van der Waals surface area contributed by atoms with E-state index in [0.717, 1.165) is 6.42 Å². The summed E-state index contributed by atoms with van der Waals surface area (Å²) in [5, 5.41) is 8.24. The summed E-state index contributed by atoms with van der Waals surface area (Å²) in [5.74, 6) is -8.08. The van der Waals surface area contributed by atoms with Crippen LogP contribution in [0, 0.1) is 35.1 Å². The van der Waals surface area contributed by atoms with Crippen LogP contribution in [0.4, 0.5) is 17.6 Å². The number of benzene rings is 1. The molecule has 0 amide bonds. The molecule has 0 spiro atoms. The zero-order chi connectivity index (χ0) is 18.9. The van der Waals surface area contributed by atoms with Gasteiger partial charge < -0.3 is 9.84 Å². The van der Waals surface area contributed by atoms with Crippen molar-refractivity contribution in [2.45, 2.75) is 47.0 Å². The second-order valence-corrected chi connectivity index (χ2v) is 6.11. The molecular formula is C17H24F4O3. The maximum absolute atomic E-state index is 13.1. The second kappa shape index (κ2) is 11.0. The van der Waals surface area contributed by atoms with Gasteiger partial charge in [0.1, 0.15) is 0 Å². The molecule has 7 heteroatoms. The Labute approximate surface area is 139 Å². The Morgan fingerprint density at radius 3 is 1.79 bits per heavy atom. The molecule has 1 aromatic rings. The van der Waals surface area contributed by atoms with Gasteiger partial charge in [-0.3, -0.25) is 4.79 Å². The molecular weight excluding hydrogens is 328 g/mol. The van der Waals surface area contributed by atoms with Gasteiger partial charge in [-0.05, 0) is 24.7 Å². The number of rotatable bonds is 6. The number of carbonyl (C=O) groups is 1. The first kappa shape index (κ1) is 22.4. The minimum absolute atomic E-state index is 0.0517. The third-order valence-electron chi connectivity index (χ3n) is 2.92. The highest BCUT2D eigenvalue weighted by molar-refractivity contribution is 5.72. The maximum atomic E-state index is 13.1. The molecule has 1 N–H and O–H groups in total. The number of hydrogen-bond acceptors (Lipinski definition) is 3. The molecule has 138 valence electrons. The highest BCUT2D eigenvalue weighted by Gasteiger charge is 2.22. The van der Waals surface area contributed by atoms with Crippen LogP contribution in [-0.4, -0.2) is 17.7 Å². The van der Waals surface area contributed by atoms with Crippen molar-refractivity contribution in [2.24, 2.45) is 11.8 Å². The molecule has 0 aliphatic carbocycles. The van der Waals surface area contributed by atoms with Crippen LogP contribution < -0.4 is 4.74 Å². The van der Waals surface area contributed by atoms with Crippen LogP contribution in [0.15, 0.2) is 6.07 Å². The van der Waals surface area contributed by atoms with Gasteiger partial charge in [-0.2, -0.15) is 8.78 Å². The Morgan fingerprint density at radius 2 is 1.46 bits per heavy atom. The standard InChI is InChI=1S/C12H12F4O2.C5H12O/c1-6(2)3-4-9(17)18-12-10(15)7(13)5-8(14)11(12)16;1-5(2)3-4-6/h5-6H,3-4H2,1-2H3;5-6H,3-4H2,1-2H3. The van der Waals surface area contributed by atoms with Crippen molar-refractivity contribution < 1.29 is 32.2 Å². The third kappa shape index (κ3) is 8.29. The van der Waals surface area contributed by atoms with Gasteiger partial charge in [0.2, 0.25) is 17.4 Å². The minimum Gasteiger partial charge on any atom is -0.420 e. The lowest BCUT2D eigenvalue weighted by atomic mass is 10.1. The summed E-state index contributed by atoms with van der Waals surface area (Å²) >= 11 is 0. The molecule has 0 saturated heterocycles. The molecule has 24 heavy (non-hydrogen) atoms. The van der Waals surface area contributed by atoms with Gasteiger partial charge in [0.15, 0.2) is 11.6 Å². The SMILES string of the molecule is CC(C)CCC(=O)Oc1c(F)c(F)cc(F)c1F.CC(C)CCO. The minimum atomic E-state index is -1.72. The number of aliphatic hydroxyl groups is 1. The largest absolute Gasteiger partial charge is 0.420 e. The number of ether oxygens (including phenoxy) is 1. The quantitative estimate of drug-likeness (QED) is 0.352. The first-order chi connectivity index (χ1) is 11.1. The van der Waals surface area contributed by atoms with Crippen LogP contribution in [0.1, 0.15) is 47.0 Å². The van der Waals surface area contributed by atoms with Crippen LogP contribution in [0.5, 0.6) is 5.75 Å². The zero-order valence-corrected chi connectivity index (χ0v) is 14.3. The molecule has 0 bridgehead atoms. The van der Waals surface area contributed by atoms with Gasteiger partial charge >= 0.3 is 5.97 Å². The topological polar surface area (TPSA) is 46.5 Å². The van der Waals surface area contributed by atoms with Crippen molar-refractivity contribution in [3.05, 3.63) is 29.3 Å². The Balaban J connectivity index is 0.000000754. The number of halogens is 4. The fourth-order valence-corrected chi connectivity index (χ4v) is 1.47. The van der Waals surface area contributed by atoms with E-state index in [-0.39, 0.29) is 18.4 Å². The Morgan fingerprint density at radius 1 is 1.00 bits per heavy atom. The molecule has 0 radical (unpaired) electrons. The molecule has 0 atom stereocenters. The molecule has 3 nitrogen and oxygen atoms in total. The summed E-state index contributed by atoms with van der Waals surface area (Å²) < 4.78 is 56.2. The number of aliphatic hydroxyl groups excluding tert-OH is 1. The van der Waals surface area contributed by atoms with Crippen molar-refractivity contribution in [3.63, 3.8) is 0 Å². The van der Waals surface area contributed by atoms with E-state index in [0.29, 0.717) is 18.9 Å². The van der Waals surface area contributed by atoms with Crippen LogP contribution >= 0.6 is 0 Å². The predicted octanol–water partition coefficient (Wildman–Crippen LogP) is 4.61.